The van der Waals surface area contributed by atoms with Crippen molar-refractivity contribution in [2.75, 3.05) is 0 Å². The van der Waals surface area contributed by atoms with Crippen molar-refractivity contribution >= 4 is 11.9 Å². The summed E-state index contributed by atoms with van der Waals surface area (Å²) in [7, 11) is 0. The van der Waals surface area contributed by atoms with E-state index in [-0.39, 0.29) is 17.2 Å². The summed E-state index contributed by atoms with van der Waals surface area (Å²) in [5.74, 6) is -0.636. The van der Waals surface area contributed by atoms with Gasteiger partial charge < -0.3 is 15.2 Å². The van der Waals surface area contributed by atoms with Gasteiger partial charge in [-0.05, 0) is 45.2 Å². The second kappa shape index (κ2) is 7.40. The number of hydrogen-bond donors (Lipinski definition) is 1. The number of para-hydroxylation sites is 1. The van der Waals surface area contributed by atoms with Crippen molar-refractivity contribution < 1.29 is 19.1 Å². The van der Waals surface area contributed by atoms with E-state index < -0.39 is 23.6 Å². The second-order valence-corrected chi connectivity index (χ2v) is 6.66. The van der Waals surface area contributed by atoms with Crippen LogP contribution in [0.1, 0.15) is 51.4 Å². The third-order valence-corrected chi connectivity index (χ3v) is 2.74. The summed E-state index contributed by atoms with van der Waals surface area (Å²) in [6.45, 7) is 9.28. The highest BCUT2D eigenvalue weighted by Crippen LogP contribution is 2.22. The van der Waals surface area contributed by atoms with Crippen LogP contribution in [0.3, 0.4) is 0 Å². The average molecular weight is 307 g/mol. The molecule has 0 heterocycles. The van der Waals surface area contributed by atoms with Gasteiger partial charge in [0, 0.05) is 0 Å². The van der Waals surface area contributed by atoms with Crippen molar-refractivity contribution in [3.8, 4) is 5.75 Å². The third kappa shape index (κ3) is 5.85. The normalized spacial score (nSPS) is 12.9. The van der Waals surface area contributed by atoms with Crippen molar-refractivity contribution in [1.29, 1.82) is 0 Å². The Morgan fingerprint density at radius 2 is 1.77 bits per heavy atom. The van der Waals surface area contributed by atoms with E-state index in [1.54, 1.807) is 45.0 Å². The van der Waals surface area contributed by atoms with E-state index in [4.69, 9.17) is 15.2 Å². The number of carbonyl (C=O) groups excluding carboxylic acids is 2. The molecule has 2 N–H and O–H groups in total. The molecule has 5 heteroatoms. The monoisotopic (exact) mass is 307 g/mol. The van der Waals surface area contributed by atoms with Crippen LogP contribution in [0.15, 0.2) is 24.3 Å². The van der Waals surface area contributed by atoms with Crippen LogP contribution in [0.5, 0.6) is 5.75 Å². The molecule has 0 spiro atoms. The number of benzene rings is 1. The molecule has 22 heavy (non-hydrogen) atoms. The zero-order chi connectivity index (χ0) is 16.9. The number of esters is 2. The fraction of sp³-hybridized carbons (Fsp3) is 0.529. The molecule has 0 aliphatic carbocycles. The summed E-state index contributed by atoms with van der Waals surface area (Å²) in [5.41, 5.74) is 5.39. The molecule has 0 radical (unpaired) electrons. The lowest BCUT2D eigenvalue weighted by Crippen LogP contribution is -2.35. The number of nitrogens with two attached hydrogens (primary N) is 1. The standard InChI is InChI=1S/C17H25NO4/c1-11(2)10-13(18)16(20)21-14-9-7-6-8-12(14)15(19)22-17(3,4)5/h6-9,11,13H,10,18H2,1-5H3. The summed E-state index contributed by atoms with van der Waals surface area (Å²) < 4.78 is 10.6. The van der Waals surface area contributed by atoms with Gasteiger partial charge in [-0.2, -0.15) is 0 Å². The molecule has 1 aromatic carbocycles. The first-order valence-electron chi connectivity index (χ1n) is 7.40. The highest BCUT2D eigenvalue weighted by atomic mass is 16.6. The summed E-state index contributed by atoms with van der Waals surface area (Å²) in [6.07, 6.45) is 0.521. The van der Waals surface area contributed by atoms with Crippen LogP contribution in [0, 0.1) is 5.92 Å². The van der Waals surface area contributed by atoms with E-state index >= 15 is 0 Å². The van der Waals surface area contributed by atoms with Crippen LogP contribution in [0.25, 0.3) is 0 Å². The van der Waals surface area contributed by atoms with E-state index in [1.807, 2.05) is 13.8 Å². The molecule has 0 saturated heterocycles. The summed E-state index contributed by atoms with van der Waals surface area (Å²) in [4.78, 5) is 24.2. The summed E-state index contributed by atoms with van der Waals surface area (Å²) in [6, 6.07) is 5.77. The molecule has 0 aliphatic rings. The molecule has 1 rings (SSSR count). The maximum absolute atomic E-state index is 12.2. The highest BCUT2D eigenvalue weighted by Gasteiger charge is 2.23. The molecule has 1 atom stereocenters. The fourth-order valence-electron chi connectivity index (χ4n) is 1.85. The van der Waals surface area contributed by atoms with Crippen LogP contribution in [-0.2, 0) is 9.53 Å². The number of rotatable bonds is 5. The minimum absolute atomic E-state index is 0.168. The van der Waals surface area contributed by atoms with Crippen molar-refractivity contribution in [3.05, 3.63) is 29.8 Å². The van der Waals surface area contributed by atoms with Gasteiger partial charge >= 0.3 is 11.9 Å². The topological polar surface area (TPSA) is 78.6 Å². The van der Waals surface area contributed by atoms with Gasteiger partial charge in [0.2, 0.25) is 0 Å². The first-order valence-corrected chi connectivity index (χ1v) is 7.40. The Labute approximate surface area is 131 Å². The molecule has 0 saturated carbocycles. The molecule has 5 nitrogen and oxygen atoms in total. The van der Waals surface area contributed by atoms with Gasteiger partial charge in [0.25, 0.3) is 0 Å². The molecule has 0 amide bonds. The largest absolute Gasteiger partial charge is 0.456 e. The van der Waals surface area contributed by atoms with E-state index in [2.05, 4.69) is 0 Å². The molecule has 0 bridgehead atoms. The van der Waals surface area contributed by atoms with Crippen LogP contribution < -0.4 is 10.5 Å². The zero-order valence-corrected chi connectivity index (χ0v) is 13.9. The third-order valence-electron chi connectivity index (χ3n) is 2.74. The molecule has 122 valence electrons. The molecule has 0 aromatic heterocycles. The maximum atomic E-state index is 12.2. The number of ether oxygens (including phenoxy) is 2. The van der Waals surface area contributed by atoms with Gasteiger partial charge in [-0.3, -0.25) is 0 Å². The maximum Gasteiger partial charge on any atom is 0.342 e. The smallest absolute Gasteiger partial charge is 0.342 e. The molecule has 1 aromatic rings. The van der Waals surface area contributed by atoms with Crippen LogP contribution >= 0.6 is 0 Å². The molecule has 0 aliphatic heterocycles. The second-order valence-electron chi connectivity index (χ2n) is 6.66. The molecule has 1 unspecified atom stereocenters. The Kier molecular flexibility index (Phi) is 6.11. The van der Waals surface area contributed by atoms with Gasteiger partial charge in [0.1, 0.15) is 23.0 Å². The van der Waals surface area contributed by atoms with Gasteiger partial charge in [-0.25, -0.2) is 9.59 Å². The predicted molar refractivity (Wildman–Crippen MR) is 84.7 cm³/mol. The predicted octanol–water partition coefficient (Wildman–Crippen LogP) is 2.92. The molecule has 0 fully saturated rings. The van der Waals surface area contributed by atoms with Crippen LogP contribution in [0.2, 0.25) is 0 Å². The zero-order valence-electron chi connectivity index (χ0n) is 13.9. The van der Waals surface area contributed by atoms with Crippen molar-refractivity contribution in [2.45, 2.75) is 52.7 Å². The number of hydrogen-bond acceptors (Lipinski definition) is 5. The molecular formula is C17H25NO4. The van der Waals surface area contributed by atoms with E-state index in [0.29, 0.717) is 6.42 Å². The summed E-state index contributed by atoms with van der Waals surface area (Å²) >= 11 is 0. The van der Waals surface area contributed by atoms with Crippen LogP contribution in [0.4, 0.5) is 0 Å². The SMILES string of the molecule is CC(C)CC(N)C(=O)Oc1ccccc1C(=O)OC(C)(C)C. The van der Waals surface area contributed by atoms with Crippen molar-refractivity contribution in [2.24, 2.45) is 11.7 Å². The van der Waals surface area contributed by atoms with E-state index in [1.165, 1.54) is 0 Å². The fourth-order valence-corrected chi connectivity index (χ4v) is 1.85. The lowest BCUT2D eigenvalue weighted by atomic mass is 10.0. The Hall–Kier alpha value is -1.88. The Morgan fingerprint density at radius 3 is 2.32 bits per heavy atom. The van der Waals surface area contributed by atoms with E-state index in [0.717, 1.165) is 0 Å². The van der Waals surface area contributed by atoms with Crippen molar-refractivity contribution in [1.82, 2.24) is 0 Å². The van der Waals surface area contributed by atoms with Crippen LogP contribution in [-0.4, -0.2) is 23.6 Å². The Balaban J connectivity index is 2.88. The first kappa shape index (κ1) is 18.2. The minimum Gasteiger partial charge on any atom is -0.456 e. The van der Waals surface area contributed by atoms with Gasteiger partial charge in [0.15, 0.2) is 0 Å². The first-order chi connectivity index (χ1) is 10.1. The molecular weight excluding hydrogens is 282 g/mol. The van der Waals surface area contributed by atoms with Gasteiger partial charge in [-0.15, -0.1) is 0 Å². The summed E-state index contributed by atoms with van der Waals surface area (Å²) in [5, 5.41) is 0. The van der Waals surface area contributed by atoms with E-state index in [9.17, 15) is 9.59 Å². The quantitative estimate of drug-likeness (QED) is 0.668. The lowest BCUT2D eigenvalue weighted by Gasteiger charge is -2.20. The minimum atomic E-state index is -0.716. The average Bonchev–Trinajstić information content (AvgIpc) is 2.36. The van der Waals surface area contributed by atoms with Gasteiger partial charge in [-0.1, -0.05) is 26.0 Å². The Bertz CT molecular complexity index is 532. The highest BCUT2D eigenvalue weighted by molar-refractivity contribution is 5.94. The van der Waals surface area contributed by atoms with Crippen molar-refractivity contribution in [3.63, 3.8) is 0 Å². The van der Waals surface area contributed by atoms with Gasteiger partial charge in [0.05, 0.1) is 0 Å². The number of carbonyl (C=O) groups is 2. The lowest BCUT2D eigenvalue weighted by molar-refractivity contribution is -0.136. The Morgan fingerprint density at radius 1 is 1.18 bits per heavy atom.